The fourth-order valence-electron chi connectivity index (χ4n) is 3.10. The summed E-state index contributed by atoms with van der Waals surface area (Å²) in [6.45, 7) is 5.14. The average molecular weight is 359 g/mol. The second-order valence-corrected chi connectivity index (χ2v) is 8.01. The summed E-state index contributed by atoms with van der Waals surface area (Å²) in [5, 5.41) is 12.8. The third-order valence-corrected chi connectivity index (χ3v) is 5.48. The van der Waals surface area contributed by atoms with E-state index in [-0.39, 0.29) is 6.23 Å². The SMILES string of the molecule is CC(C)Cc1ccc(-c2cc(NC3CCCCO3)c(C(=O)O)s2)cc1. The summed E-state index contributed by atoms with van der Waals surface area (Å²) < 4.78 is 5.68. The molecular formula is C20H25NO3S. The molecule has 5 heteroatoms. The van der Waals surface area contributed by atoms with Crippen LogP contribution in [0.3, 0.4) is 0 Å². The minimum atomic E-state index is -0.897. The van der Waals surface area contributed by atoms with E-state index in [0.29, 0.717) is 16.5 Å². The number of nitrogens with one attached hydrogen (secondary N) is 1. The van der Waals surface area contributed by atoms with Gasteiger partial charge in [-0.15, -0.1) is 11.3 Å². The normalized spacial score (nSPS) is 17.6. The molecule has 0 saturated carbocycles. The monoisotopic (exact) mass is 359 g/mol. The van der Waals surface area contributed by atoms with Crippen molar-refractivity contribution in [3.05, 3.63) is 40.8 Å². The Kier molecular flexibility index (Phi) is 5.76. The first-order valence-electron chi connectivity index (χ1n) is 8.87. The van der Waals surface area contributed by atoms with Crippen LogP contribution < -0.4 is 5.32 Å². The van der Waals surface area contributed by atoms with E-state index < -0.39 is 5.97 Å². The van der Waals surface area contributed by atoms with Crippen LogP contribution in [-0.2, 0) is 11.2 Å². The fourth-order valence-corrected chi connectivity index (χ4v) is 4.07. The number of ether oxygens (including phenoxy) is 1. The first-order chi connectivity index (χ1) is 12.0. The number of carboxylic acids is 1. The number of anilines is 1. The molecule has 1 aromatic heterocycles. The molecule has 0 amide bonds. The number of benzene rings is 1. The van der Waals surface area contributed by atoms with Crippen molar-refractivity contribution in [2.45, 2.75) is 45.8 Å². The van der Waals surface area contributed by atoms with Crippen LogP contribution in [-0.4, -0.2) is 23.9 Å². The van der Waals surface area contributed by atoms with Gasteiger partial charge in [0.15, 0.2) is 0 Å². The highest BCUT2D eigenvalue weighted by atomic mass is 32.1. The first kappa shape index (κ1) is 18.0. The molecule has 3 rings (SSSR count). The number of hydrogen-bond acceptors (Lipinski definition) is 4. The van der Waals surface area contributed by atoms with Gasteiger partial charge in [0.05, 0.1) is 5.69 Å². The summed E-state index contributed by atoms with van der Waals surface area (Å²) in [7, 11) is 0. The van der Waals surface area contributed by atoms with E-state index in [0.717, 1.165) is 42.7 Å². The Hall–Kier alpha value is -1.85. The molecule has 0 radical (unpaired) electrons. The lowest BCUT2D eigenvalue weighted by molar-refractivity contribution is 0.0343. The van der Waals surface area contributed by atoms with Gasteiger partial charge in [-0.1, -0.05) is 38.1 Å². The summed E-state index contributed by atoms with van der Waals surface area (Å²) in [5.41, 5.74) is 3.02. The molecule has 1 atom stereocenters. The molecule has 0 aliphatic carbocycles. The van der Waals surface area contributed by atoms with Gasteiger partial charge in [-0.2, -0.15) is 0 Å². The molecule has 25 heavy (non-hydrogen) atoms. The maximum absolute atomic E-state index is 11.6. The van der Waals surface area contributed by atoms with Gasteiger partial charge in [-0.3, -0.25) is 0 Å². The van der Waals surface area contributed by atoms with E-state index in [1.54, 1.807) is 0 Å². The summed E-state index contributed by atoms with van der Waals surface area (Å²) in [6, 6.07) is 10.4. The van der Waals surface area contributed by atoms with Crippen LogP contribution in [0.15, 0.2) is 30.3 Å². The summed E-state index contributed by atoms with van der Waals surface area (Å²) >= 11 is 1.31. The number of aromatic carboxylic acids is 1. The summed E-state index contributed by atoms with van der Waals surface area (Å²) in [4.78, 5) is 12.9. The lowest BCUT2D eigenvalue weighted by Gasteiger charge is -2.24. The molecule has 1 unspecified atom stereocenters. The molecule has 2 N–H and O–H groups in total. The van der Waals surface area contributed by atoms with Crippen molar-refractivity contribution in [3.8, 4) is 10.4 Å². The maximum atomic E-state index is 11.6. The molecule has 1 aliphatic heterocycles. The third kappa shape index (κ3) is 4.61. The van der Waals surface area contributed by atoms with E-state index in [1.807, 2.05) is 6.07 Å². The van der Waals surface area contributed by atoms with Gasteiger partial charge in [-0.05, 0) is 48.8 Å². The highest BCUT2D eigenvalue weighted by Gasteiger charge is 2.20. The molecular weight excluding hydrogens is 334 g/mol. The van der Waals surface area contributed by atoms with E-state index in [1.165, 1.54) is 16.9 Å². The van der Waals surface area contributed by atoms with Crippen LogP contribution >= 0.6 is 11.3 Å². The standard InChI is InChI=1S/C20H25NO3S/c1-13(2)11-14-6-8-15(9-7-14)17-12-16(19(25-17)20(22)23)21-18-5-3-4-10-24-18/h6-9,12-13,18,21H,3-5,10-11H2,1-2H3,(H,22,23). The second kappa shape index (κ2) is 8.02. The van der Waals surface area contributed by atoms with Crippen molar-refractivity contribution < 1.29 is 14.6 Å². The quantitative estimate of drug-likeness (QED) is 0.739. The van der Waals surface area contributed by atoms with Crippen molar-refractivity contribution in [3.63, 3.8) is 0 Å². The van der Waals surface area contributed by atoms with Crippen molar-refractivity contribution in [1.82, 2.24) is 0 Å². The van der Waals surface area contributed by atoms with Crippen LogP contribution in [0.2, 0.25) is 0 Å². The zero-order valence-electron chi connectivity index (χ0n) is 14.7. The van der Waals surface area contributed by atoms with Crippen molar-refractivity contribution in [1.29, 1.82) is 0 Å². The molecule has 0 spiro atoms. The predicted octanol–water partition coefficient (Wildman–Crippen LogP) is 5.25. The van der Waals surface area contributed by atoms with Gasteiger partial charge in [0.2, 0.25) is 0 Å². The Labute approximate surface area is 152 Å². The van der Waals surface area contributed by atoms with Crippen molar-refractivity contribution in [2.24, 2.45) is 5.92 Å². The predicted molar refractivity (Wildman–Crippen MR) is 102 cm³/mol. The van der Waals surface area contributed by atoms with Gasteiger partial charge >= 0.3 is 5.97 Å². The molecule has 134 valence electrons. The van der Waals surface area contributed by atoms with Gasteiger partial charge < -0.3 is 15.2 Å². The summed E-state index contributed by atoms with van der Waals surface area (Å²) in [5.74, 6) is -0.275. The Balaban J connectivity index is 1.81. The van der Waals surface area contributed by atoms with Crippen LogP contribution in [0.1, 0.15) is 48.3 Å². The Bertz CT molecular complexity index is 715. The zero-order chi connectivity index (χ0) is 17.8. The largest absolute Gasteiger partial charge is 0.477 e. The number of hydrogen-bond donors (Lipinski definition) is 2. The smallest absolute Gasteiger partial charge is 0.348 e. The van der Waals surface area contributed by atoms with Gasteiger partial charge in [-0.25, -0.2) is 4.79 Å². The van der Waals surface area contributed by atoms with Gasteiger partial charge in [0.1, 0.15) is 11.1 Å². The van der Waals surface area contributed by atoms with Crippen molar-refractivity contribution in [2.75, 3.05) is 11.9 Å². The molecule has 1 fully saturated rings. The molecule has 1 saturated heterocycles. The lowest BCUT2D eigenvalue weighted by Crippen LogP contribution is -2.27. The van der Waals surface area contributed by atoms with Crippen LogP contribution in [0, 0.1) is 5.92 Å². The van der Waals surface area contributed by atoms with Crippen molar-refractivity contribution >= 4 is 23.0 Å². The molecule has 2 heterocycles. The van der Waals surface area contributed by atoms with Crippen LogP contribution in [0.25, 0.3) is 10.4 Å². The van der Waals surface area contributed by atoms with Gasteiger partial charge in [0, 0.05) is 11.5 Å². The summed E-state index contributed by atoms with van der Waals surface area (Å²) in [6.07, 6.45) is 4.05. The highest BCUT2D eigenvalue weighted by Crippen LogP contribution is 2.36. The van der Waals surface area contributed by atoms with E-state index >= 15 is 0 Å². The topological polar surface area (TPSA) is 58.6 Å². The van der Waals surface area contributed by atoms with Crippen LogP contribution in [0.5, 0.6) is 0 Å². The highest BCUT2D eigenvalue weighted by molar-refractivity contribution is 7.18. The minimum Gasteiger partial charge on any atom is -0.477 e. The first-order valence-corrected chi connectivity index (χ1v) is 9.69. The van der Waals surface area contributed by atoms with E-state index in [4.69, 9.17) is 4.74 Å². The fraction of sp³-hybridized carbons (Fsp3) is 0.450. The zero-order valence-corrected chi connectivity index (χ0v) is 15.6. The van der Waals surface area contributed by atoms with E-state index in [9.17, 15) is 9.90 Å². The minimum absolute atomic E-state index is 0.0947. The number of carboxylic acid groups (broad SMARTS) is 1. The molecule has 2 aromatic rings. The van der Waals surface area contributed by atoms with E-state index in [2.05, 4.69) is 43.4 Å². The molecule has 0 bridgehead atoms. The Morgan fingerprint density at radius 1 is 1.32 bits per heavy atom. The number of rotatable bonds is 6. The molecule has 4 nitrogen and oxygen atoms in total. The van der Waals surface area contributed by atoms with Crippen LogP contribution in [0.4, 0.5) is 5.69 Å². The Morgan fingerprint density at radius 3 is 2.68 bits per heavy atom. The maximum Gasteiger partial charge on any atom is 0.348 e. The Morgan fingerprint density at radius 2 is 2.08 bits per heavy atom. The second-order valence-electron chi connectivity index (χ2n) is 6.95. The molecule has 1 aliphatic rings. The number of carbonyl (C=O) groups is 1. The average Bonchev–Trinajstić information content (AvgIpc) is 3.00. The number of thiophene rings is 1. The lowest BCUT2D eigenvalue weighted by atomic mass is 10.0. The molecule has 1 aromatic carbocycles. The third-order valence-electron chi connectivity index (χ3n) is 4.30. The van der Waals surface area contributed by atoms with Gasteiger partial charge in [0.25, 0.3) is 0 Å².